The zero-order valence-corrected chi connectivity index (χ0v) is 32.4. The largest absolute Gasteiger partial charge is 0.393 e. The Kier molecular flexibility index (Phi) is 9.20. The van der Waals surface area contributed by atoms with Gasteiger partial charge in [0, 0.05) is 11.8 Å². The first-order chi connectivity index (χ1) is 24.0. The normalized spacial score (nSPS) is 53.8. The summed E-state index contributed by atoms with van der Waals surface area (Å²) in [5.74, 6) is 3.17. The summed E-state index contributed by atoms with van der Waals surface area (Å²) in [6, 6.07) is 0. The van der Waals surface area contributed by atoms with Gasteiger partial charge in [0.15, 0.2) is 5.79 Å². The molecule has 1 heterocycles. The quantitative estimate of drug-likeness (QED) is 0.225. The van der Waals surface area contributed by atoms with E-state index in [9.17, 15) is 25.2 Å². The molecule has 1 saturated heterocycles. The molecule has 0 radical (unpaired) electrons. The molecule has 9 rings (SSSR count). The Morgan fingerprint density at radius 1 is 0.667 bits per heavy atom. The monoisotopic (exact) mass is 708 g/mol. The first kappa shape index (κ1) is 36.9. The molecule has 7 nitrogen and oxygen atoms in total. The summed E-state index contributed by atoms with van der Waals surface area (Å²) in [6.07, 6.45) is 17.3. The Balaban J connectivity index is 0.000000148. The molecule has 16 atom stereocenters. The molecular formula is C44H68O7. The van der Waals surface area contributed by atoms with Crippen molar-refractivity contribution in [3.63, 3.8) is 0 Å². The molecule has 0 aromatic rings. The van der Waals surface area contributed by atoms with Crippen molar-refractivity contribution in [1.82, 2.24) is 0 Å². The second-order valence-corrected chi connectivity index (χ2v) is 20.3. The highest BCUT2D eigenvalue weighted by Crippen LogP contribution is 2.69. The van der Waals surface area contributed by atoms with Crippen molar-refractivity contribution >= 4 is 5.78 Å². The van der Waals surface area contributed by atoms with E-state index in [4.69, 9.17) is 9.47 Å². The first-order valence-corrected chi connectivity index (χ1v) is 20.9. The molecule has 0 spiro atoms. The van der Waals surface area contributed by atoms with Gasteiger partial charge in [0.05, 0.1) is 37.6 Å². The van der Waals surface area contributed by atoms with Crippen molar-refractivity contribution in [1.29, 1.82) is 0 Å². The molecule has 8 aliphatic carbocycles. The molecule has 0 aromatic carbocycles. The van der Waals surface area contributed by atoms with Gasteiger partial charge in [-0.1, -0.05) is 51.0 Å². The number of carbonyl (C=O) groups is 1. The lowest BCUT2D eigenvalue weighted by Gasteiger charge is -2.60. The molecule has 4 N–H and O–H groups in total. The molecule has 0 bridgehead atoms. The molecular weight excluding hydrogens is 640 g/mol. The SMILES string of the molecule is CC(=O)[C@H]1CC[C@H]2[C@@H]3CC=C4C[C@@H](O)CC[C@]4(C)[C@H]3[C@H](O)C[C@]12C.CC1([C@H]2CC[C@H]3[C@@H]4CC=C5C[C@@H](O)CC[C@]5(C)[C@H]4[C@@H](O)C[C@]23C)OCCO1. The maximum absolute atomic E-state index is 12.2. The summed E-state index contributed by atoms with van der Waals surface area (Å²) in [4.78, 5) is 12.2. The van der Waals surface area contributed by atoms with Gasteiger partial charge in [-0.2, -0.15) is 0 Å². The topological polar surface area (TPSA) is 116 Å². The molecule has 0 amide bonds. The number of aliphatic hydroxyl groups is 4. The van der Waals surface area contributed by atoms with Crippen LogP contribution < -0.4 is 0 Å². The number of aliphatic hydroxyl groups excluding tert-OH is 4. The summed E-state index contributed by atoms with van der Waals surface area (Å²) in [6.45, 7) is 14.6. The van der Waals surface area contributed by atoms with Gasteiger partial charge in [0.2, 0.25) is 0 Å². The number of Topliss-reactive ketones (excluding diaryl/α,β-unsaturated/α-hetero) is 1. The Hall–Kier alpha value is -1.09. The standard InChI is InChI=1S/C23H36O4.C21H32O3/c1-21-9-8-15(24)12-14(21)4-5-16-17-6-7-19(23(3)26-10-11-27-23)22(17,2)13-18(25)20(16)21;1-12(22)16-6-7-17-15-5-4-13-10-14(23)8-9-20(13,2)19(15)18(24)11-21(16,17)3/h4,15-20,24-25H,5-13H2,1-3H3;4,14-19,23-24H,5-11H2,1-3H3/t15-,16-,17-,18-,19-,20+,21-,22-;14-,15-,16+,17-,18+,19+,20-,21+/m00/s1. The van der Waals surface area contributed by atoms with E-state index in [1.807, 2.05) is 0 Å². The van der Waals surface area contributed by atoms with Crippen LogP contribution in [0.4, 0.5) is 0 Å². The smallest absolute Gasteiger partial charge is 0.169 e. The highest BCUT2D eigenvalue weighted by molar-refractivity contribution is 5.79. The summed E-state index contributed by atoms with van der Waals surface area (Å²) in [7, 11) is 0. The number of carbonyl (C=O) groups excluding carboxylic acids is 1. The van der Waals surface area contributed by atoms with Crippen LogP contribution in [0.1, 0.15) is 131 Å². The van der Waals surface area contributed by atoms with Gasteiger partial charge in [-0.05, 0) is 161 Å². The molecule has 286 valence electrons. The van der Waals surface area contributed by atoms with Gasteiger partial charge >= 0.3 is 0 Å². The van der Waals surface area contributed by atoms with Crippen molar-refractivity contribution in [2.45, 2.75) is 162 Å². The van der Waals surface area contributed by atoms with Gasteiger partial charge in [-0.15, -0.1) is 0 Å². The van der Waals surface area contributed by atoms with Crippen molar-refractivity contribution < 1.29 is 34.7 Å². The van der Waals surface area contributed by atoms with E-state index < -0.39 is 5.79 Å². The van der Waals surface area contributed by atoms with Crippen LogP contribution in [0.2, 0.25) is 0 Å². The fourth-order valence-electron chi connectivity index (χ4n) is 15.8. The van der Waals surface area contributed by atoms with E-state index >= 15 is 0 Å². The number of ether oxygens (including phenoxy) is 2. The van der Waals surface area contributed by atoms with Crippen molar-refractivity contribution in [3.05, 3.63) is 23.3 Å². The minimum Gasteiger partial charge on any atom is -0.393 e. The second kappa shape index (κ2) is 12.7. The van der Waals surface area contributed by atoms with Gasteiger partial charge in [0.25, 0.3) is 0 Å². The van der Waals surface area contributed by atoms with Crippen LogP contribution in [-0.2, 0) is 14.3 Å². The first-order valence-electron chi connectivity index (χ1n) is 20.9. The molecule has 6 saturated carbocycles. The Morgan fingerprint density at radius 3 is 1.65 bits per heavy atom. The van der Waals surface area contributed by atoms with Gasteiger partial charge in [0.1, 0.15) is 5.78 Å². The molecule has 7 heteroatoms. The molecule has 1 aliphatic heterocycles. The Labute approximate surface area is 307 Å². The van der Waals surface area contributed by atoms with Crippen molar-refractivity contribution in [2.24, 2.45) is 69.0 Å². The number of ketones is 1. The Bertz CT molecular complexity index is 1430. The van der Waals surface area contributed by atoms with E-state index in [0.717, 1.165) is 83.5 Å². The number of allylic oxidation sites excluding steroid dienone is 2. The van der Waals surface area contributed by atoms with E-state index in [-0.39, 0.29) is 52.0 Å². The molecule has 9 aliphatic rings. The number of rotatable bonds is 2. The average Bonchev–Trinajstić information content (AvgIpc) is 3.76. The van der Waals surface area contributed by atoms with Crippen LogP contribution in [0.25, 0.3) is 0 Å². The zero-order chi connectivity index (χ0) is 36.3. The van der Waals surface area contributed by atoms with Crippen molar-refractivity contribution in [2.75, 3.05) is 13.2 Å². The summed E-state index contributed by atoms with van der Waals surface area (Å²) < 4.78 is 12.2. The van der Waals surface area contributed by atoms with Crippen LogP contribution in [0, 0.1) is 69.0 Å². The maximum Gasteiger partial charge on any atom is 0.169 e. The highest BCUT2D eigenvalue weighted by Gasteiger charge is 2.66. The molecule has 7 fully saturated rings. The van der Waals surface area contributed by atoms with Gasteiger partial charge in [-0.25, -0.2) is 0 Å². The van der Waals surface area contributed by atoms with Crippen LogP contribution >= 0.6 is 0 Å². The lowest BCUT2D eigenvalue weighted by Crippen LogP contribution is -2.58. The van der Waals surface area contributed by atoms with Gasteiger partial charge in [-0.3, -0.25) is 4.79 Å². The van der Waals surface area contributed by atoms with E-state index in [1.165, 1.54) is 17.6 Å². The van der Waals surface area contributed by atoms with E-state index in [1.54, 1.807) is 6.92 Å². The molecule has 0 unspecified atom stereocenters. The highest BCUT2D eigenvalue weighted by atomic mass is 16.7. The fraction of sp³-hybridized carbons (Fsp3) is 0.886. The Morgan fingerprint density at radius 2 is 1.14 bits per heavy atom. The number of fused-ring (bicyclic) bond motifs is 10. The van der Waals surface area contributed by atoms with Crippen molar-refractivity contribution in [3.8, 4) is 0 Å². The van der Waals surface area contributed by atoms with Crippen LogP contribution in [0.3, 0.4) is 0 Å². The van der Waals surface area contributed by atoms with Gasteiger partial charge < -0.3 is 29.9 Å². The molecule has 51 heavy (non-hydrogen) atoms. The summed E-state index contributed by atoms with van der Waals surface area (Å²) in [5.41, 5.74) is 2.95. The number of hydrogen-bond donors (Lipinski definition) is 4. The van der Waals surface area contributed by atoms with E-state index in [0.29, 0.717) is 60.4 Å². The average molecular weight is 709 g/mol. The molecule has 0 aromatic heterocycles. The maximum atomic E-state index is 12.2. The van der Waals surface area contributed by atoms with Crippen LogP contribution in [0.5, 0.6) is 0 Å². The second-order valence-electron chi connectivity index (χ2n) is 20.3. The van der Waals surface area contributed by atoms with Crippen LogP contribution in [-0.4, -0.2) is 69.6 Å². The fourth-order valence-corrected chi connectivity index (χ4v) is 15.8. The summed E-state index contributed by atoms with van der Waals surface area (Å²) >= 11 is 0. The third-order valence-corrected chi connectivity index (χ3v) is 18.0. The number of hydrogen-bond acceptors (Lipinski definition) is 7. The lowest BCUT2D eigenvalue weighted by molar-refractivity contribution is -0.223. The predicted octanol–water partition coefficient (Wildman–Crippen LogP) is 7.15. The zero-order valence-electron chi connectivity index (χ0n) is 32.4. The lowest BCUT2D eigenvalue weighted by atomic mass is 9.46. The minimum absolute atomic E-state index is 0.0255. The van der Waals surface area contributed by atoms with Crippen LogP contribution in [0.15, 0.2) is 23.3 Å². The summed E-state index contributed by atoms with van der Waals surface area (Å²) in [5, 5.41) is 42.9. The third-order valence-electron chi connectivity index (χ3n) is 18.0. The predicted molar refractivity (Wildman–Crippen MR) is 196 cm³/mol. The minimum atomic E-state index is -0.482. The third kappa shape index (κ3) is 5.50. The van der Waals surface area contributed by atoms with E-state index in [2.05, 4.69) is 46.8 Å².